The molecular formula is C32H30O7. The fourth-order valence-electron chi connectivity index (χ4n) is 4.26. The van der Waals surface area contributed by atoms with E-state index in [0.29, 0.717) is 34.8 Å². The first kappa shape index (κ1) is 27.3. The van der Waals surface area contributed by atoms with E-state index in [0.717, 1.165) is 11.1 Å². The number of phenolic OH excluding ortho intramolecular Hbond substituents is 1. The number of hydrogen-bond acceptors (Lipinski definition) is 7. The minimum Gasteiger partial charge on any atom is -0.507 e. The van der Waals surface area contributed by atoms with Crippen molar-refractivity contribution in [3.05, 3.63) is 118 Å². The zero-order chi connectivity index (χ0) is 27.9. The van der Waals surface area contributed by atoms with E-state index in [4.69, 9.17) is 18.9 Å². The van der Waals surface area contributed by atoms with Gasteiger partial charge in [0.05, 0.1) is 7.11 Å². The lowest BCUT2D eigenvalue weighted by Gasteiger charge is -2.18. The molecule has 0 fully saturated rings. The van der Waals surface area contributed by atoms with Gasteiger partial charge in [0.2, 0.25) is 0 Å². The number of methoxy groups -OCH3 is 1. The number of phenols is 1. The lowest BCUT2D eigenvalue weighted by molar-refractivity contribution is 0.0468. The van der Waals surface area contributed by atoms with E-state index in [1.807, 2.05) is 60.7 Å². The van der Waals surface area contributed by atoms with E-state index in [-0.39, 0.29) is 29.2 Å². The first-order chi connectivity index (χ1) is 18.8. The topological polar surface area (TPSA) is 91.3 Å². The highest BCUT2D eigenvalue weighted by Gasteiger charge is 2.24. The Labute approximate surface area is 227 Å². The zero-order valence-corrected chi connectivity index (χ0v) is 22.3. The summed E-state index contributed by atoms with van der Waals surface area (Å²) in [5, 5.41) is 10.6. The van der Waals surface area contributed by atoms with Crippen LogP contribution in [0.25, 0.3) is 0 Å². The van der Waals surface area contributed by atoms with E-state index in [2.05, 4.69) is 0 Å². The third kappa shape index (κ3) is 6.38. The summed E-state index contributed by atoms with van der Waals surface area (Å²) in [6.07, 6.45) is 0. The number of ether oxygens (including phenoxy) is 4. The molecule has 4 aromatic rings. The van der Waals surface area contributed by atoms with Crippen molar-refractivity contribution in [1.29, 1.82) is 0 Å². The molecule has 0 heterocycles. The van der Waals surface area contributed by atoms with E-state index in [1.165, 1.54) is 19.2 Å². The van der Waals surface area contributed by atoms with Crippen molar-refractivity contribution in [2.75, 3.05) is 7.11 Å². The van der Waals surface area contributed by atoms with Crippen LogP contribution in [0.15, 0.2) is 78.9 Å². The van der Waals surface area contributed by atoms with E-state index >= 15 is 0 Å². The van der Waals surface area contributed by atoms with Crippen LogP contribution in [0.2, 0.25) is 0 Å². The second-order valence-corrected chi connectivity index (χ2v) is 9.08. The molecule has 0 saturated carbocycles. The Morgan fingerprint density at radius 2 is 1.33 bits per heavy atom. The van der Waals surface area contributed by atoms with Gasteiger partial charge in [-0.15, -0.1) is 0 Å². The van der Waals surface area contributed by atoms with Crippen LogP contribution in [0.4, 0.5) is 0 Å². The molecule has 0 amide bonds. The molecule has 39 heavy (non-hydrogen) atoms. The number of hydrogen-bond donors (Lipinski definition) is 1. The maximum atomic E-state index is 13.2. The Balaban J connectivity index is 1.51. The molecule has 1 N–H and O–H groups in total. The van der Waals surface area contributed by atoms with Gasteiger partial charge in [0.15, 0.2) is 0 Å². The van der Waals surface area contributed by atoms with Crippen LogP contribution in [0.1, 0.15) is 48.5 Å². The Morgan fingerprint density at radius 1 is 0.744 bits per heavy atom. The van der Waals surface area contributed by atoms with Crippen LogP contribution in [-0.2, 0) is 18.0 Å². The molecule has 200 valence electrons. The first-order valence-electron chi connectivity index (χ1n) is 12.4. The van der Waals surface area contributed by atoms with Gasteiger partial charge in [0.1, 0.15) is 47.3 Å². The SMILES string of the molecule is COc1c(C)c(OCc2ccccc2)cc(C)c1C(=O)Oc1cc(C)c(C(=O)OCc2ccccc2)c(O)c1. The molecule has 0 radical (unpaired) electrons. The van der Waals surface area contributed by atoms with Crippen molar-refractivity contribution in [3.63, 3.8) is 0 Å². The number of rotatable bonds is 9. The average molecular weight is 527 g/mol. The summed E-state index contributed by atoms with van der Waals surface area (Å²) in [6.45, 7) is 5.64. The standard InChI is InChI=1S/C32H30O7/c1-20-15-25(17-26(33)28(20)31(34)38-19-24-13-9-6-10-14-24)39-32(35)29-21(2)16-27(22(3)30(29)36-4)37-18-23-11-7-5-8-12-23/h5-17,33H,18-19H2,1-4H3. The van der Waals surface area contributed by atoms with Crippen LogP contribution in [0.5, 0.6) is 23.0 Å². The predicted octanol–water partition coefficient (Wildman–Crippen LogP) is 6.48. The van der Waals surface area contributed by atoms with Crippen molar-refractivity contribution in [3.8, 4) is 23.0 Å². The highest BCUT2D eigenvalue weighted by atomic mass is 16.5. The number of carbonyl (C=O) groups is 2. The molecule has 7 nitrogen and oxygen atoms in total. The van der Waals surface area contributed by atoms with Crippen LogP contribution in [0, 0.1) is 20.8 Å². The first-order valence-corrected chi connectivity index (χ1v) is 12.4. The summed E-state index contributed by atoms with van der Waals surface area (Å²) in [5.41, 5.74) is 3.75. The number of carbonyl (C=O) groups excluding carboxylic acids is 2. The van der Waals surface area contributed by atoms with Gasteiger partial charge in [-0.3, -0.25) is 0 Å². The number of esters is 2. The molecule has 0 aliphatic heterocycles. The molecular weight excluding hydrogens is 496 g/mol. The lowest BCUT2D eigenvalue weighted by atomic mass is 10.0. The highest BCUT2D eigenvalue weighted by molar-refractivity contribution is 5.97. The molecule has 4 aromatic carbocycles. The molecule has 7 heteroatoms. The number of benzene rings is 4. The van der Waals surface area contributed by atoms with Crippen LogP contribution in [0.3, 0.4) is 0 Å². The molecule has 0 unspecified atom stereocenters. The van der Waals surface area contributed by atoms with Crippen LogP contribution in [-0.4, -0.2) is 24.2 Å². The van der Waals surface area contributed by atoms with Crippen molar-refractivity contribution in [2.45, 2.75) is 34.0 Å². The summed E-state index contributed by atoms with van der Waals surface area (Å²) in [7, 11) is 1.48. The van der Waals surface area contributed by atoms with E-state index in [1.54, 1.807) is 26.8 Å². The molecule has 0 saturated heterocycles. The molecule has 0 aromatic heterocycles. The van der Waals surface area contributed by atoms with E-state index in [9.17, 15) is 14.7 Å². The monoisotopic (exact) mass is 526 g/mol. The van der Waals surface area contributed by atoms with Gasteiger partial charge in [-0.25, -0.2) is 9.59 Å². The average Bonchev–Trinajstić information content (AvgIpc) is 2.92. The van der Waals surface area contributed by atoms with Gasteiger partial charge in [0.25, 0.3) is 0 Å². The Kier molecular flexibility index (Phi) is 8.51. The summed E-state index contributed by atoms with van der Waals surface area (Å²) in [4.78, 5) is 25.9. The minimum atomic E-state index is -0.675. The molecule has 0 atom stereocenters. The van der Waals surface area contributed by atoms with Gasteiger partial charge >= 0.3 is 11.9 Å². The quantitative estimate of drug-likeness (QED) is 0.197. The maximum Gasteiger partial charge on any atom is 0.347 e. The van der Waals surface area contributed by atoms with Crippen molar-refractivity contribution >= 4 is 11.9 Å². The zero-order valence-electron chi connectivity index (χ0n) is 22.3. The lowest BCUT2D eigenvalue weighted by Crippen LogP contribution is -2.14. The third-order valence-corrected chi connectivity index (χ3v) is 6.24. The smallest absolute Gasteiger partial charge is 0.347 e. The normalized spacial score (nSPS) is 10.6. The second-order valence-electron chi connectivity index (χ2n) is 9.08. The van der Waals surface area contributed by atoms with Crippen molar-refractivity contribution < 1.29 is 33.6 Å². The molecule has 0 spiro atoms. The fraction of sp³-hybridized carbons (Fsp3) is 0.188. The molecule has 0 aliphatic rings. The van der Waals surface area contributed by atoms with Crippen LogP contribution >= 0.6 is 0 Å². The largest absolute Gasteiger partial charge is 0.507 e. The molecule has 0 aliphatic carbocycles. The minimum absolute atomic E-state index is 0.00949. The van der Waals surface area contributed by atoms with Gasteiger partial charge < -0.3 is 24.1 Å². The second kappa shape index (κ2) is 12.2. The maximum absolute atomic E-state index is 13.2. The third-order valence-electron chi connectivity index (χ3n) is 6.24. The van der Waals surface area contributed by atoms with Gasteiger partial charge in [0, 0.05) is 11.6 Å². The fourth-order valence-corrected chi connectivity index (χ4v) is 4.26. The van der Waals surface area contributed by atoms with Crippen LogP contribution < -0.4 is 14.2 Å². The Bertz CT molecular complexity index is 1450. The summed E-state index contributed by atoms with van der Waals surface area (Å²) >= 11 is 0. The molecule has 0 bridgehead atoms. The van der Waals surface area contributed by atoms with Crippen molar-refractivity contribution in [2.24, 2.45) is 0 Å². The number of aromatic hydroxyl groups is 1. The predicted molar refractivity (Wildman–Crippen MR) is 147 cm³/mol. The van der Waals surface area contributed by atoms with E-state index < -0.39 is 11.9 Å². The number of aryl methyl sites for hydroxylation is 2. The Morgan fingerprint density at radius 3 is 1.92 bits per heavy atom. The van der Waals surface area contributed by atoms with Gasteiger partial charge in [-0.2, -0.15) is 0 Å². The highest BCUT2D eigenvalue weighted by Crippen LogP contribution is 2.36. The van der Waals surface area contributed by atoms with Crippen molar-refractivity contribution in [1.82, 2.24) is 0 Å². The summed E-state index contributed by atoms with van der Waals surface area (Å²) < 4.78 is 22.5. The summed E-state index contributed by atoms with van der Waals surface area (Å²) in [6, 6.07) is 23.5. The van der Waals surface area contributed by atoms with Gasteiger partial charge in [-0.05, 0) is 55.2 Å². The summed E-state index contributed by atoms with van der Waals surface area (Å²) in [5.74, 6) is -0.675. The molecule has 4 rings (SSSR count). The van der Waals surface area contributed by atoms with Gasteiger partial charge in [-0.1, -0.05) is 60.7 Å². The Hall–Kier alpha value is -4.78.